The lowest BCUT2D eigenvalue weighted by atomic mass is 10.2. The fourth-order valence-corrected chi connectivity index (χ4v) is 2.42. The first-order valence-electron chi connectivity index (χ1n) is 5.82. The van der Waals surface area contributed by atoms with Gasteiger partial charge in [0.2, 0.25) is 0 Å². The fraction of sp³-hybridized carbons (Fsp3) is 0.0667. The Kier molecular flexibility index (Phi) is 4.53. The minimum atomic E-state index is -1.18. The normalized spacial score (nSPS) is 10.2. The minimum Gasteiger partial charge on any atom is -0.478 e. The molecule has 0 heterocycles. The molecular formula is C15H11FO3S. The van der Waals surface area contributed by atoms with Gasteiger partial charge in [0.1, 0.15) is 5.82 Å². The number of halogens is 1. The molecule has 0 fully saturated rings. The highest BCUT2D eigenvalue weighted by atomic mass is 32.2. The van der Waals surface area contributed by atoms with Crippen LogP contribution in [0.15, 0.2) is 53.4 Å². The molecule has 0 aliphatic heterocycles. The van der Waals surface area contributed by atoms with Gasteiger partial charge in [0, 0.05) is 10.5 Å². The second-order valence-corrected chi connectivity index (χ2v) is 5.05. The van der Waals surface area contributed by atoms with Gasteiger partial charge in [-0.2, -0.15) is 0 Å². The maximum Gasteiger partial charge on any atom is 0.335 e. The van der Waals surface area contributed by atoms with Crippen molar-refractivity contribution < 1.29 is 19.1 Å². The number of hydrogen-bond acceptors (Lipinski definition) is 3. The summed E-state index contributed by atoms with van der Waals surface area (Å²) in [6, 6.07) is 12.4. The van der Waals surface area contributed by atoms with E-state index in [1.807, 2.05) is 6.07 Å². The average Bonchev–Trinajstić information content (AvgIpc) is 2.46. The zero-order chi connectivity index (χ0) is 14.5. The van der Waals surface area contributed by atoms with Gasteiger partial charge in [0.25, 0.3) is 0 Å². The molecule has 0 saturated carbocycles. The van der Waals surface area contributed by atoms with E-state index in [-0.39, 0.29) is 22.0 Å². The van der Waals surface area contributed by atoms with Crippen LogP contribution in [0, 0.1) is 5.82 Å². The van der Waals surface area contributed by atoms with Crippen LogP contribution in [-0.2, 0) is 0 Å². The number of carbonyl (C=O) groups is 2. The average molecular weight is 290 g/mol. The molecule has 2 aromatic carbocycles. The molecule has 2 rings (SSSR count). The summed E-state index contributed by atoms with van der Waals surface area (Å²) in [6.45, 7) is 0. The molecule has 2 aromatic rings. The Morgan fingerprint density at radius 1 is 1.05 bits per heavy atom. The van der Waals surface area contributed by atoms with E-state index in [1.165, 1.54) is 12.1 Å². The Labute approximate surface area is 119 Å². The van der Waals surface area contributed by atoms with Crippen LogP contribution in [0.2, 0.25) is 0 Å². The summed E-state index contributed by atoms with van der Waals surface area (Å²) in [5.74, 6) is -1.80. The van der Waals surface area contributed by atoms with Crippen LogP contribution in [0.25, 0.3) is 0 Å². The summed E-state index contributed by atoms with van der Waals surface area (Å²) in [5, 5.41) is 8.74. The third-order valence-corrected chi connectivity index (χ3v) is 3.68. The molecule has 0 atom stereocenters. The SMILES string of the molecule is O=C(O)c1ccc(SCC(=O)c2ccccc2)c(F)c1. The van der Waals surface area contributed by atoms with Gasteiger partial charge in [0.05, 0.1) is 11.3 Å². The quantitative estimate of drug-likeness (QED) is 0.676. The molecule has 0 aromatic heterocycles. The summed E-state index contributed by atoms with van der Waals surface area (Å²) < 4.78 is 13.7. The van der Waals surface area contributed by atoms with Gasteiger partial charge in [-0.1, -0.05) is 30.3 Å². The molecule has 0 aliphatic carbocycles. The van der Waals surface area contributed by atoms with Crippen LogP contribution in [-0.4, -0.2) is 22.6 Å². The van der Waals surface area contributed by atoms with E-state index in [4.69, 9.17) is 5.11 Å². The Balaban J connectivity index is 2.04. The molecule has 3 nitrogen and oxygen atoms in total. The Morgan fingerprint density at radius 2 is 1.75 bits per heavy atom. The Hall–Kier alpha value is -2.14. The van der Waals surface area contributed by atoms with E-state index >= 15 is 0 Å². The minimum absolute atomic E-state index is 0.0997. The van der Waals surface area contributed by atoms with Crippen LogP contribution >= 0.6 is 11.8 Å². The van der Waals surface area contributed by atoms with Crippen molar-refractivity contribution in [1.29, 1.82) is 0 Å². The molecule has 0 bridgehead atoms. The first-order valence-corrected chi connectivity index (χ1v) is 6.80. The third kappa shape index (κ3) is 3.45. The van der Waals surface area contributed by atoms with Crippen molar-refractivity contribution in [2.24, 2.45) is 0 Å². The van der Waals surface area contributed by atoms with Crippen LogP contribution in [0.4, 0.5) is 4.39 Å². The van der Waals surface area contributed by atoms with Crippen molar-refractivity contribution in [3.05, 3.63) is 65.5 Å². The molecule has 0 radical (unpaired) electrons. The molecule has 5 heteroatoms. The molecule has 0 aliphatic rings. The van der Waals surface area contributed by atoms with E-state index < -0.39 is 11.8 Å². The first kappa shape index (κ1) is 14.3. The molecule has 102 valence electrons. The van der Waals surface area contributed by atoms with Crippen molar-refractivity contribution in [1.82, 2.24) is 0 Å². The number of Topliss-reactive ketones (excluding diaryl/α,β-unsaturated/α-hetero) is 1. The van der Waals surface area contributed by atoms with E-state index in [2.05, 4.69) is 0 Å². The van der Waals surface area contributed by atoms with E-state index in [1.54, 1.807) is 24.3 Å². The fourth-order valence-electron chi connectivity index (χ4n) is 1.60. The third-order valence-electron chi connectivity index (χ3n) is 2.63. The van der Waals surface area contributed by atoms with E-state index in [0.717, 1.165) is 17.8 Å². The van der Waals surface area contributed by atoms with Gasteiger partial charge in [-0.3, -0.25) is 4.79 Å². The zero-order valence-electron chi connectivity index (χ0n) is 10.4. The number of thioether (sulfide) groups is 1. The van der Waals surface area contributed by atoms with Gasteiger partial charge in [-0.25, -0.2) is 9.18 Å². The molecule has 0 amide bonds. The second kappa shape index (κ2) is 6.34. The largest absolute Gasteiger partial charge is 0.478 e. The number of carbonyl (C=O) groups excluding carboxylic acids is 1. The van der Waals surface area contributed by atoms with Gasteiger partial charge >= 0.3 is 5.97 Å². The molecule has 0 unspecified atom stereocenters. The molecule has 1 N–H and O–H groups in total. The number of aromatic carboxylic acids is 1. The van der Waals surface area contributed by atoms with Gasteiger partial charge in [-0.05, 0) is 18.2 Å². The standard InChI is InChI=1S/C15H11FO3S/c16-12-8-11(15(18)19)6-7-14(12)20-9-13(17)10-4-2-1-3-5-10/h1-8H,9H2,(H,18,19). The van der Waals surface area contributed by atoms with Crippen molar-refractivity contribution in [2.45, 2.75) is 4.90 Å². The van der Waals surface area contributed by atoms with Crippen LogP contribution < -0.4 is 0 Å². The highest BCUT2D eigenvalue weighted by molar-refractivity contribution is 8.00. The molecule has 20 heavy (non-hydrogen) atoms. The zero-order valence-corrected chi connectivity index (χ0v) is 11.2. The lowest BCUT2D eigenvalue weighted by Gasteiger charge is -2.04. The topological polar surface area (TPSA) is 54.4 Å². The number of ketones is 1. The van der Waals surface area contributed by atoms with E-state index in [0.29, 0.717) is 5.56 Å². The van der Waals surface area contributed by atoms with Crippen LogP contribution in [0.3, 0.4) is 0 Å². The monoisotopic (exact) mass is 290 g/mol. The summed E-state index contributed by atoms with van der Waals surface area (Å²) in [6.07, 6.45) is 0. The highest BCUT2D eigenvalue weighted by Crippen LogP contribution is 2.23. The highest BCUT2D eigenvalue weighted by Gasteiger charge is 2.11. The van der Waals surface area contributed by atoms with E-state index in [9.17, 15) is 14.0 Å². The van der Waals surface area contributed by atoms with Crippen LogP contribution in [0.1, 0.15) is 20.7 Å². The predicted molar refractivity (Wildman–Crippen MR) is 74.9 cm³/mol. The second-order valence-electron chi connectivity index (χ2n) is 4.03. The number of carboxylic acids is 1. The lowest BCUT2D eigenvalue weighted by molar-refractivity contribution is 0.0696. The summed E-state index contributed by atoms with van der Waals surface area (Å²) >= 11 is 1.05. The smallest absolute Gasteiger partial charge is 0.335 e. The maximum atomic E-state index is 13.7. The van der Waals surface area contributed by atoms with Crippen molar-refractivity contribution in [3.63, 3.8) is 0 Å². The number of carboxylic acid groups (broad SMARTS) is 1. The predicted octanol–water partition coefficient (Wildman–Crippen LogP) is 3.50. The van der Waals surface area contributed by atoms with Gasteiger partial charge < -0.3 is 5.11 Å². The summed E-state index contributed by atoms with van der Waals surface area (Å²) in [4.78, 5) is 22.8. The van der Waals surface area contributed by atoms with Gasteiger partial charge in [0.15, 0.2) is 5.78 Å². The van der Waals surface area contributed by atoms with Crippen LogP contribution in [0.5, 0.6) is 0 Å². The number of benzene rings is 2. The lowest BCUT2D eigenvalue weighted by Crippen LogP contribution is -2.02. The maximum absolute atomic E-state index is 13.7. The number of rotatable bonds is 5. The Bertz CT molecular complexity index is 641. The summed E-state index contributed by atoms with van der Waals surface area (Å²) in [7, 11) is 0. The molecule has 0 spiro atoms. The van der Waals surface area contributed by atoms with Crippen molar-refractivity contribution in [3.8, 4) is 0 Å². The summed E-state index contributed by atoms with van der Waals surface area (Å²) in [5.41, 5.74) is 0.462. The molecular weight excluding hydrogens is 279 g/mol. The number of hydrogen-bond donors (Lipinski definition) is 1. The first-order chi connectivity index (χ1) is 9.58. The Morgan fingerprint density at radius 3 is 2.35 bits per heavy atom. The van der Waals surface area contributed by atoms with Crippen molar-refractivity contribution in [2.75, 3.05) is 5.75 Å². The van der Waals surface area contributed by atoms with Crippen molar-refractivity contribution >= 4 is 23.5 Å². The van der Waals surface area contributed by atoms with Gasteiger partial charge in [-0.15, -0.1) is 11.8 Å². The molecule has 0 saturated heterocycles.